The molecule has 0 aromatic heterocycles. The summed E-state index contributed by atoms with van der Waals surface area (Å²) in [5.41, 5.74) is 0.169. The van der Waals surface area contributed by atoms with Gasteiger partial charge in [0.25, 0.3) is 5.17 Å². The van der Waals surface area contributed by atoms with Crippen molar-refractivity contribution in [3.63, 3.8) is 0 Å². The Morgan fingerprint density at radius 2 is 2.09 bits per heavy atom. The monoisotopic (exact) mass is 172 g/mol. The Morgan fingerprint density at radius 3 is 2.64 bits per heavy atom. The molecule has 2 heterocycles. The second kappa shape index (κ2) is 2.60. The topological polar surface area (TPSA) is 33.3 Å². The molecule has 0 radical (unpaired) electrons. The Morgan fingerprint density at radius 1 is 1.36 bits per heavy atom. The standard InChI is InChI=1S/C7H12N2OS/c11-6-9-7(5-10-6)1-3-8-4-2-7/h8H,1-5H2,(H,9,11). The molecule has 0 atom stereocenters. The molecule has 1 spiro atoms. The van der Waals surface area contributed by atoms with E-state index in [0.29, 0.717) is 5.17 Å². The van der Waals surface area contributed by atoms with Crippen LogP contribution in [0.15, 0.2) is 0 Å². The van der Waals surface area contributed by atoms with Gasteiger partial charge in [-0.25, -0.2) is 0 Å². The van der Waals surface area contributed by atoms with E-state index in [2.05, 4.69) is 10.6 Å². The average Bonchev–Trinajstić information content (AvgIpc) is 2.34. The molecular weight excluding hydrogens is 160 g/mol. The fourth-order valence-electron chi connectivity index (χ4n) is 1.67. The number of ether oxygens (including phenoxy) is 1. The van der Waals surface area contributed by atoms with Crippen LogP contribution in [0.4, 0.5) is 0 Å². The van der Waals surface area contributed by atoms with Crippen molar-refractivity contribution in [2.24, 2.45) is 0 Å². The summed E-state index contributed by atoms with van der Waals surface area (Å²) in [6, 6.07) is 0. The zero-order chi connectivity index (χ0) is 7.73. The van der Waals surface area contributed by atoms with Gasteiger partial charge in [0.2, 0.25) is 0 Å². The number of piperidine rings is 1. The molecule has 2 saturated heterocycles. The fourth-order valence-corrected chi connectivity index (χ4v) is 1.94. The van der Waals surface area contributed by atoms with Crippen LogP contribution < -0.4 is 10.6 Å². The van der Waals surface area contributed by atoms with Crippen LogP contribution in [0.5, 0.6) is 0 Å². The maximum atomic E-state index is 5.24. The van der Waals surface area contributed by atoms with Crippen LogP contribution in [-0.4, -0.2) is 30.4 Å². The van der Waals surface area contributed by atoms with E-state index >= 15 is 0 Å². The van der Waals surface area contributed by atoms with Crippen molar-refractivity contribution >= 4 is 17.4 Å². The third-order valence-corrected chi connectivity index (χ3v) is 2.63. The molecule has 0 saturated carbocycles. The summed E-state index contributed by atoms with van der Waals surface area (Å²) < 4.78 is 5.24. The lowest BCUT2D eigenvalue weighted by Gasteiger charge is -2.31. The Hall–Kier alpha value is -0.350. The minimum absolute atomic E-state index is 0.169. The van der Waals surface area contributed by atoms with Crippen molar-refractivity contribution < 1.29 is 4.74 Å². The molecule has 2 rings (SSSR count). The number of hydrogen-bond donors (Lipinski definition) is 2. The largest absolute Gasteiger partial charge is 0.469 e. The van der Waals surface area contributed by atoms with E-state index in [4.69, 9.17) is 17.0 Å². The normalized spacial score (nSPS) is 28.2. The molecule has 0 aromatic rings. The Kier molecular flexibility index (Phi) is 1.73. The van der Waals surface area contributed by atoms with Crippen molar-refractivity contribution in [3.05, 3.63) is 0 Å². The molecule has 0 bridgehead atoms. The van der Waals surface area contributed by atoms with E-state index in [0.717, 1.165) is 32.5 Å². The molecule has 0 aromatic carbocycles. The molecule has 2 N–H and O–H groups in total. The van der Waals surface area contributed by atoms with Gasteiger partial charge in [0, 0.05) is 0 Å². The highest BCUT2D eigenvalue weighted by Gasteiger charge is 2.38. The zero-order valence-electron chi connectivity index (χ0n) is 6.35. The van der Waals surface area contributed by atoms with E-state index in [1.165, 1.54) is 0 Å². The van der Waals surface area contributed by atoms with Crippen LogP contribution in [0.3, 0.4) is 0 Å². The first-order valence-electron chi connectivity index (χ1n) is 3.96. The van der Waals surface area contributed by atoms with Crippen LogP contribution in [0.1, 0.15) is 12.8 Å². The van der Waals surface area contributed by atoms with Crippen molar-refractivity contribution in [3.8, 4) is 0 Å². The molecule has 2 aliphatic heterocycles. The van der Waals surface area contributed by atoms with Gasteiger partial charge in [0.15, 0.2) is 0 Å². The molecule has 0 amide bonds. The van der Waals surface area contributed by atoms with Gasteiger partial charge in [-0.2, -0.15) is 0 Å². The maximum Gasteiger partial charge on any atom is 0.257 e. The van der Waals surface area contributed by atoms with Crippen LogP contribution in [-0.2, 0) is 4.74 Å². The first-order chi connectivity index (χ1) is 5.31. The summed E-state index contributed by atoms with van der Waals surface area (Å²) in [4.78, 5) is 0. The molecule has 0 aliphatic carbocycles. The number of hydrogen-bond acceptors (Lipinski definition) is 3. The Balaban J connectivity index is 2.03. The summed E-state index contributed by atoms with van der Waals surface area (Å²) in [7, 11) is 0. The van der Waals surface area contributed by atoms with Crippen molar-refractivity contribution in [1.82, 2.24) is 10.6 Å². The van der Waals surface area contributed by atoms with E-state index in [-0.39, 0.29) is 5.54 Å². The van der Waals surface area contributed by atoms with Gasteiger partial charge in [0.1, 0.15) is 6.61 Å². The van der Waals surface area contributed by atoms with E-state index in [1.807, 2.05) is 0 Å². The van der Waals surface area contributed by atoms with E-state index in [9.17, 15) is 0 Å². The number of rotatable bonds is 0. The minimum Gasteiger partial charge on any atom is -0.469 e. The van der Waals surface area contributed by atoms with Crippen LogP contribution in [0.25, 0.3) is 0 Å². The van der Waals surface area contributed by atoms with Crippen molar-refractivity contribution in [2.45, 2.75) is 18.4 Å². The summed E-state index contributed by atoms with van der Waals surface area (Å²) in [6.45, 7) is 2.89. The van der Waals surface area contributed by atoms with Gasteiger partial charge in [-0.05, 0) is 38.1 Å². The van der Waals surface area contributed by atoms with Gasteiger partial charge < -0.3 is 15.4 Å². The summed E-state index contributed by atoms with van der Waals surface area (Å²) in [6.07, 6.45) is 2.24. The first kappa shape index (κ1) is 7.31. The lowest BCUT2D eigenvalue weighted by Crippen LogP contribution is -2.51. The molecule has 11 heavy (non-hydrogen) atoms. The SMILES string of the molecule is S=C1NC2(CCNCC2)CO1. The lowest BCUT2D eigenvalue weighted by atomic mass is 9.90. The predicted octanol–water partition coefficient (Wildman–Crippen LogP) is 0.0133. The molecule has 2 aliphatic rings. The quantitative estimate of drug-likeness (QED) is 0.504. The average molecular weight is 172 g/mol. The van der Waals surface area contributed by atoms with Gasteiger partial charge in [-0.1, -0.05) is 0 Å². The summed E-state index contributed by atoms with van der Waals surface area (Å²) in [5, 5.41) is 7.13. The highest BCUT2D eigenvalue weighted by molar-refractivity contribution is 7.80. The molecule has 4 heteroatoms. The zero-order valence-corrected chi connectivity index (χ0v) is 7.17. The third-order valence-electron chi connectivity index (χ3n) is 2.41. The number of thiocarbonyl (C=S) groups is 1. The molecular formula is C7H12N2OS. The van der Waals surface area contributed by atoms with Crippen LogP contribution in [0.2, 0.25) is 0 Å². The second-order valence-electron chi connectivity index (χ2n) is 3.23. The summed E-state index contributed by atoms with van der Waals surface area (Å²) >= 11 is 4.92. The Bertz CT molecular complexity index is 177. The molecule has 3 nitrogen and oxygen atoms in total. The third kappa shape index (κ3) is 1.32. The van der Waals surface area contributed by atoms with E-state index in [1.54, 1.807) is 0 Å². The van der Waals surface area contributed by atoms with Gasteiger partial charge in [-0.3, -0.25) is 0 Å². The number of nitrogens with one attached hydrogen (secondary N) is 2. The van der Waals surface area contributed by atoms with Crippen LogP contribution >= 0.6 is 12.2 Å². The first-order valence-corrected chi connectivity index (χ1v) is 4.37. The van der Waals surface area contributed by atoms with E-state index < -0.39 is 0 Å². The van der Waals surface area contributed by atoms with Gasteiger partial charge in [0.05, 0.1) is 5.54 Å². The lowest BCUT2D eigenvalue weighted by molar-refractivity contribution is 0.218. The predicted molar refractivity (Wildman–Crippen MR) is 46.5 cm³/mol. The van der Waals surface area contributed by atoms with Crippen molar-refractivity contribution in [2.75, 3.05) is 19.7 Å². The fraction of sp³-hybridized carbons (Fsp3) is 0.857. The highest BCUT2D eigenvalue weighted by Crippen LogP contribution is 2.22. The maximum absolute atomic E-state index is 5.24. The summed E-state index contributed by atoms with van der Waals surface area (Å²) in [5.74, 6) is 0. The second-order valence-corrected chi connectivity index (χ2v) is 3.60. The van der Waals surface area contributed by atoms with Crippen molar-refractivity contribution in [1.29, 1.82) is 0 Å². The molecule has 0 unspecified atom stereocenters. The van der Waals surface area contributed by atoms with Gasteiger partial charge >= 0.3 is 0 Å². The van der Waals surface area contributed by atoms with Gasteiger partial charge in [-0.15, -0.1) is 0 Å². The van der Waals surface area contributed by atoms with Crippen LogP contribution in [0, 0.1) is 0 Å². The smallest absolute Gasteiger partial charge is 0.257 e. The molecule has 2 fully saturated rings. The highest BCUT2D eigenvalue weighted by atomic mass is 32.1. The molecule has 62 valence electrons. The Labute approximate surface area is 71.5 Å². The minimum atomic E-state index is 0.169.